The average Bonchev–Trinajstić information content (AvgIpc) is 3.18. The van der Waals surface area contributed by atoms with E-state index in [9.17, 15) is 0 Å². The highest BCUT2D eigenvalue weighted by atomic mass is 15.2. The summed E-state index contributed by atoms with van der Waals surface area (Å²) in [6.45, 7) is 8.38. The fourth-order valence-electron chi connectivity index (χ4n) is 7.04. The topological polar surface area (TPSA) is 6.48 Å². The van der Waals surface area contributed by atoms with Crippen LogP contribution in [0.25, 0.3) is 32.7 Å². The smallest absolute Gasteiger partial charge is 0.0618 e. The molecule has 244 valence electrons. The second-order valence-corrected chi connectivity index (χ2v) is 12.3. The number of benzene rings is 8. The van der Waals surface area contributed by atoms with Gasteiger partial charge in [0, 0.05) is 39.2 Å². The van der Waals surface area contributed by atoms with E-state index in [0.717, 1.165) is 22.7 Å². The number of hydrogen-bond acceptors (Lipinski definition) is 2. The first-order valence-electron chi connectivity index (χ1n) is 17.5. The third kappa shape index (κ3) is 6.01. The lowest BCUT2D eigenvalue weighted by molar-refractivity contribution is 1.24. The second-order valence-electron chi connectivity index (χ2n) is 12.3. The average molecular weight is 647 g/mol. The maximum absolute atomic E-state index is 2.43. The molecular formula is C48H42N2. The third-order valence-corrected chi connectivity index (χ3v) is 9.29. The predicted octanol–water partition coefficient (Wildman–Crippen LogP) is 14.2. The molecule has 0 atom stereocenters. The summed E-state index contributed by atoms with van der Waals surface area (Å²) in [7, 11) is 0. The Bertz CT molecular complexity index is 2300. The number of anilines is 6. The highest BCUT2D eigenvalue weighted by Gasteiger charge is 2.23. The molecule has 8 rings (SSSR count). The summed E-state index contributed by atoms with van der Waals surface area (Å²) in [5, 5.41) is 4.92. The van der Waals surface area contributed by atoms with Crippen molar-refractivity contribution in [3.05, 3.63) is 193 Å². The summed E-state index contributed by atoms with van der Waals surface area (Å²) < 4.78 is 0. The molecule has 0 fully saturated rings. The molecule has 0 saturated heterocycles. The van der Waals surface area contributed by atoms with Gasteiger partial charge in [-0.25, -0.2) is 0 Å². The molecular weight excluding hydrogens is 605 g/mol. The summed E-state index contributed by atoms with van der Waals surface area (Å²) in [5.41, 5.74) is 11.8. The van der Waals surface area contributed by atoms with E-state index >= 15 is 0 Å². The highest BCUT2D eigenvalue weighted by Crippen LogP contribution is 2.49. The van der Waals surface area contributed by atoms with Gasteiger partial charge in [-0.3, -0.25) is 0 Å². The van der Waals surface area contributed by atoms with Gasteiger partial charge in [0.25, 0.3) is 0 Å². The standard InChI is InChI=1S/C46H36N2.C2H6/c1-33-17-9-11-23-39(33)45-40-24-12-14-26-42(40)46(43-27-15-13-25-41(43)45)48(36-21-7-4-8-22-36)38-31-29-37(30-32-38)47(35-19-5-3-6-20-35)44-28-16-10-18-34(44)2;1-2/h3-32H,1-2H3;1-2H3. The zero-order valence-electron chi connectivity index (χ0n) is 29.2. The van der Waals surface area contributed by atoms with Crippen LogP contribution in [-0.2, 0) is 0 Å². The van der Waals surface area contributed by atoms with E-state index in [2.05, 4.69) is 206 Å². The number of aryl methyl sites for hydroxylation is 2. The van der Waals surface area contributed by atoms with Crippen molar-refractivity contribution < 1.29 is 0 Å². The number of rotatable bonds is 7. The summed E-state index contributed by atoms with van der Waals surface area (Å²) in [4.78, 5) is 4.77. The maximum Gasteiger partial charge on any atom is 0.0618 e. The Kier molecular flexibility index (Phi) is 9.44. The molecule has 0 saturated carbocycles. The van der Waals surface area contributed by atoms with Crippen LogP contribution in [0.15, 0.2) is 182 Å². The van der Waals surface area contributed by atoms with E-state index in [-0.39, 0.29) is 0 Å². The van der Waals surface area contributed by atoms with E-state index in [4.69, 9.17) is 0 Å². The number of nitrogens with zero attached hydrogens (tertiary/aromatic N) is 2. The fourth-order valence-corrected chi connectivity index (χ4v) is 7.04. The molecule has 0 N–H and O–H groups in total. The van der Waals surface area contributed by atoms with Crippen molar-refractivity contribution in [1.29, 1.82) is 0 Å². The molecule has 0 spiro atoms. The van der Waals surface area contributed by atoms with Gasteiger partial charge in [0.15, 0.2) is 0 Å². The Labute approximate surface area is 296 Å². The molecule has 2 heteroatoms. The summed E-state index contributed by atoms with van der Waals surface area (Å²) in [6, 6.07) is 65.4. The lowest BCUT2D eigenvalue weighted by Gasteiger charge is -2.31. The number of fused-ring (bicyclic) bond motifs is 2. The van der Waals surface area contributed by atoms with Gasteiger partial charge in [0.1, 0.15) is 0 Å². The Morgan fingerprint density at radius 1 is 0.320 bits per heavy atom. The Hall–Kier alpha value is -6.12. The molecule has 8 aromatic carbocycles. The molecule has 0 radical (unpaired) electrons. The van der Waals surface area contributed by atoms with Crippen molar-refractivity contribution in [1.82, 2.24) is 0 Å². The van der Waals surface area contributed by atoms with E-state index < -0.39 is 0 Å². The van der Waals surface area contributed by atoms with Crippen molar-refractivity contribution in [3.63, 3.8) is 0 Å². The molecule has 2 nitrogen and oxygen atoms in total. The van der Waals surface area contributed by atoms with E-state index in [0.29, 0.717) is 0 Å². The van der Waals surface area contributed by atoms with Crippen molar-refractivity contribution in [2.45, 2.75) is 27.7 Å². The minimum absolute atomic E-state index is 1.10. The highest BCUT2D eigenvalue weighted by molar-refractivity contribution is 6.22. The molecule has 0 amide bonds. The van der Waals surface area contributed by atoms with Gasteiger partial charge >= 0.3 is 0 Å². The molecule has 0 aliphatic rings. The van der Waals surface area contributed by atoms with Gasteiger partial charge < -0.3 is 9.80 Å². The SMILES string of the molecule is CC.Cc1ccccc1-c1c2ccccc2c(N(c2ccccc2)c2ccc(N(c3ccccc3)c3ccccc3C)cc2)c2ccccc12. The zero-order chi connectivity index (χ0) is 34.5. The van der Waals surface area contributed by atoms with Crippen molar-refractivity contribution in [2.24, 2.45) is 0 Å². The molecule has 0 unspecified atom stereocenters. The van der Waals surface area contributed by atoms with Crippen molar-refractivity contribution in [3.8, 4) is 11.1 Å². The van der Waals surface area contributed by atoms with Crippen LogP contribution in [0.3, 0.4) is 0 Å². The Morgan fingerprint density at radius 2 is 0.700 bits per heavy atom. The zero-order valence-corrected chi connectivity index (χ0v) is 29.2. The summed E-state index contributed by atoms with van der Waals surface area (Å²) in [6.07, 6.45) is 0. The molecule has 0 aliphatic heterocycles. The maximum atomic E-state index is 2.43. The first-order valence-corrected chi connectivity index (χ1v) is 17.5. The molecule has 0 aliphatic carbocycles. The van der Waals surface area contributed by atoms with Gasteiger partial charge in [0.05, 0.1) is 5.69 Å². The minimum Gasteiger partial charge on any atom is -0.310 e. The predicted molar refractivity (Wildman–Crippen MR) is 217 cm³/mol. The van der Waals surface area contributed by atoms with E-state index in [1.165, 1.54) is 55.2 Å². The van der Waals surface area contributed by atoms with Crippen LogP contribution in [0.1, 0.15) is 25.0 Å². The number of hydrogen-bond donors (Lipinski definition) is 0. The molecule has 8 aromatic rings. The molecule has 0 heterocycles. The minimum atomic E-state index is 1.10. The van der Waals surface area contributed by atoms with Gasteiger partial charge in [-0.1, -0.05) is 141 Å². The van der Waals surface area contributed by atoms with Crippen molar-refractivity contribution in [2.75, 3.05) is 9.80 Å². The first-order chi connectivity index (χ1) is 24.7. The van der Waals surface area contributed by atoms with Gasteiger partial charge in [0.2, 0.25) is 0 Å². The van der Waals surface area contributed by atoms with Crippen LogP contribution >= 0.6 is 0 Å². The third-order valence-electron chi connectivity index (χ3n) is 9.29. The van der Waals surface area contributed by atoms with Crippen molar-refractivity contribution >= 4 is 55.7 Å². The molecule has 0 bridgehead atoms. The molecule has 50 heavy (non-hydrogen) atoms. The quantitative estimate of drug-likeness (QED) is 0.159. The lowest BCUT2D eigenvalue weighted by Crippen LogP contribution is -2.13. The van der Waals surface area contributed by atoms with Gasteiger partial charge in [-0.05, 0) is 101 Å². The Morgan fingerprint density at radius 3 is 1.22 bits per heavy atom. The number of para-hydroxylation sites is 3. The van der Waals surface area contributed by atoms with Crippen LogP contribution in [-0.4, -0.2) is 0 Å². The van der Waals surface area contributed by atoms with Crippen LogP contribution in [0, 0.1) is 13.8 Å². The van der Waals surface area contributed by atoms with E-state index in [1.807, 2.05) is 13.8 Å². The van der Waals surface area contributed by atoms with Crippen LogP contribution in [0.2, 0.25) is 0 Å². The Balaban J connectivity index is 0.00000193. The van der Waals surface area contributed by atoms with Gasteiger partial charge in [-0.15, -0.1) is 0 Å². The lowest BCUT2D eigenvalue weighted by atomic mass is 9.88. The summed E-state index contributed by atoms with van der Waals surface area (Å²) in [5.74, 6) is 0. The monoisotopic (exact) mass is 646 g/mol. The van der Waals surface area contributed by atoms with Gasteiger partial charge in [-0.2, -0.15) is 0 Å². The fraction of sp³-hybridized carbons (Fsp3) is 0.0833. The van der Waals surface area contributed by atoms with E-state index in [1.54, 1.807) is 0 Å². The molecule has 0 aromatic heterocycles. The largest absolute Gasteiger partial charge is 0.310 e. The normalized spacial score (nSPS) is 10.8. The van der Waals surface area contributed by atoms with Crippen LogP contribution in [0.5, 0.6) is 0 Å². The second kappa shape index (κ2) is 14.6. The van der Waals surface area contributed by atoms with Crippen LogP contribution < -0.4 is 9.80 Å². The van der Waals surface area contributed by atoms with Crippen LogP contribution in [0.4, 0.5) is 34.1 Å². The summed E-state index contributed by atoms with van der Waals surface area (Å²) >= 11 is 0. The first kappa shape index (κ1) is 32.4.